The lowest BCUT2D eigenvalue weighted by molar-refractivity contribution is -0.125. The van der Waals surface area contributed by atoms with Crippen molar-refractivity contribution in [2.75, 3.05) is 13.2 Å². The van der Waals surface area contributed by atoms with E-state index in [1.165, 1.54) is 0 Å². The summed E-state index contributed by atoms with van der Waals surface area (Å²) in [6, 6.07) is 0. The molecule has 1 amide bonds. The molecule has 1 atom stereocenters. The third-order valence-electron chi connectivity index (χ3n) is 2.71. The van der Waals surface area contributed by atoms with Gasteiger partial charge in [-0.1, -0.05) is 27.7 Å². The van der Waals surface area contributed by atoms with Crippen molar-refractivity contribution in [2.24, 2.45) is 11.3 Å². The maximum atomic E-state index is 11.8. The molecule has 0 spiro atoms. The fourth-order valence-corrected chi connectivity index (χ4v) is 1.49. The second-order valence-corrected chi connectivity index (χ2v) is 7.25. The zero-order valence-corrected chi connectivity index (χ0v) is 13.2. The molecule has 108 valence electrons. The molecule has 0 fully saturated rings. The summed E-state index contributed by atoms with van der Waals surface area (Å²) in [5.41, 5.74) is 0.159. The van der Waals surface area contributed by atoms with Gasteiger partial charge >= 0.3 is 0 Å². The summed E-state index contributed by atoms with van der Waals surface area (Å²) in [6.45, 7) is 15.8. The Morgan fingerprint density at radius 2 is 1.72 bits per heavy atom. The number of hydrogen-bond acceptors (Lipinski definition) is 2. The molecule has 0 aliphatic heterocycles. The van der Waals surface area contributed by atoms with Gasteiger partial charge in [-0.15, -0.1) is 0 Å². The van der Waals surface area contributed by atoms with Crippen molar-refractivity contribution in [3.8, 4) is 0 Å². The van der Waals surface area contributed by atoms with Crippen LogP contribution >= 0.6 is 0 Å². The second-order valence-electron chi connectivity index (χ2n) is 7.25. The minimum Gasteiger partial charge on any atom is -0.374 e. The summed E-state index contributed by atoms with van der Waals surface area (Å²) in [7, 11) is 0. The highest BCUT2D eigenvalue weighted by Crippen LogP contribution is 2.23. The smallest absolute Gasteiger partial charge is 0.222 e. The van der Waals surface area contributed by atoms with E-state index in [0.717, 1.165) is 12.8 Å². The maximum Gasteiger partial charge on any atom is 0.222 e. The average Bonchev–Trinajstić information content (AvgIpc) is 2.18. The number of carbonyl (C=O) groups is 1. The third-order valence-corrected chi connectivity index (χ3v) is 2.71. The van der Waals surface area contributed by atoms with Gasteiger partial charge in [0.25, 0.3) is 0 Å². The van der Waals surface area contributed by atoms with Crippen molar-refractivity contribution in [3.05, 3.63) is 0 Å². The van der Waals surface area contributed by atoms with E-state index in [4.69, 9.17) is 4.74 Å². The van der Waals surface area contributed by atoms with Crippen molar-refractivity contribution < 1.29 is 9.53 Å². The van der Waals surface area contributed by atoms with Crippen molar-refractivity contribution in [3.63, 3.8) is 0 Å². The molecule has 3 nitrogen and oxygen atoms in total. The lowest BCUT2D eigenvalue weighted by Crippen LogP contribution is -2.34. The molecule has 1 N–H and O–H groups in total. The van der Waals surface area contributed by atoms with E-state index in [1.54, 1.807) is 0 Å². The van der Waals surface area contributed by atoms with Crippen LogP contribution in [-0.4, -0.2) is 24.7 Å². The minimum atomic E-state index is -0.136. The van der Waals surface area contributed by atoms with E-state index >= 15 is 0 Å². The third kappa shape index (κ3) is 10.6. The second kappa shape index (κ2) is 7.13. The number of amides is 1. The van der Waals surface area contributed by atoms with Crippen LogP contribution in [0.5, 0.6) is 0 Å². The quantitative estimate of drug-likeness (QED) is 0.741. The summed E-state index contributed by atoms with van der Waals surface area (Å²) in [4.78, 5) is 11.8. The SMILES string of the molecule is C[C@H](CCC(C)(C)C)C(=O)NCCOC(C)(C)C. The first kappa shape index (κ1) is 17.4. The molecule has 0 unspecified atom stereocenters. The zero-order chi connectivity index (χ0) is 14.4. The Balaban J connectivity index is 3.75. The molecule has 0 aliphatic carbocycles. The summed E-state index contributed by atoms with van der Waals surface area (Å²) in [6.07, 6.45) is 2.01. The Bertz CT molecular complexity index is 248. The first-order valence-electron chi connectivity index (χ1n) is 6.93. The molecular formula is C15H31NO2. The van der Waals surface area contributed by atoms with Gasteiger partial charge in [0.05, 0.1) is 12.2 Å². The van der Waals surface area contributed by atoms with E-state index in [9.17, 15) is 4.79 Å². The molecule has 18 heavy (non-hydrogen) atoms. The molecule has 0 heterocycles. The number of hydrogen-bond donors (Lipinski definition) is 1. The van der Waals surface area contributed by atoms with Gasteiger partial charge in [0, 0.05) is 12.5 Å². The number of nitrogens with one attached hydrogen (secondary N) is 1. The normalized spacial score (nSPS) is 14.4. The molecule has 0 radical (unpaired) electrons. The topological polar surface area (TPSA) is 38.3 Å². The van der Waals surface area contributed by atoms with Crippen LogP contribution in [0.15, 0.2) is 0 Å². The predicted octanol–water partition coefficient (Wildman–Crippen LogP) is 3.38. The van der Waals surface area contributed by atoms with E-state index in [0.29, 0.717) is 18.6 Å². The van der Waals surface area contributed by atoms with Crippen LogP contribution in [0.25, 0.3) is 0 Å². The van der Waals surface area contributed by atoms with Crippen LogP contribution in [0.2, 0.25) is 0 Å². The highest BCUT2D eigenvalue weighted by Gasteiger charge is 2.17. The lowest BCUT2D eigenvalue weighted by atomic mass is 9.87. The molecule has 0 saturated carbocycles. The maximum absolute atomic E-state index is 11.8. The molecule has 0 aliphatic rings. The first-order chi connectivity index (χ1) is 8.01. The van der Waals surface area contributed by atoms with Crippen LogP contribution in [-0.2, 0) is 9.53 Å². The Kier molecular flexibility index (Phi) is 6.90. The highest BCUT2D eigenvalue weighted by molar-refractivity contribution is 5.78. The zero-order valence-electron chi connectivity index (χ0n) is 13.2. The van der Waals surface area contributed by atoms with Crippen LogP contribution in [0, 0.1) is 11.3 Å². The van der Waals surface area contributed by atoms with Gasteiger partial charge in [0.1, 0.15) is 0 Å². The van der Waals surface area contributed by atoms with Gasteiger partial charge in [0.15, 0.2) is 0 Å². The number of carbonyl (C=O) groups excluding carboxylic acids is 1. The first-order valence-corrected chi connectivity index (χ1v) is 6.93. The summed E-state index contributed by atoms with van der Waals surface area (Å²) in [5.74, 6) is 0.218. The van der Waals surface area contributed by atoms with Gasteiger partial charge in [-0.3, -0.25) is 4.79 Å². The monoisotopic (exact) mass is 257 g/mol. The standard InChI is InChI=1S/C15H31NO2/c1-12(8-9-14(2,3)4)13(17)16-10-11-18-15(5,6)7/h12H,8-11H2,1-7H3,(H,16,17)/t12-/m1/s1. The molecule has 0 aromatic heterocycles. The minimum absolute atomic E-state index is 0.0823. The van der Waals surface area contributed by atoms with E-state index in [1.807, 2.05) is 27.7 Å². The summed E-state index contributed by atoms with van der Waals surface area (Å²) >= 11 is 0. The van der Waals surface area contributed by atoms with E-state index in [2.05, 4.69) is 26.1 Å². The fourth-order valence-electron chi connectivity index (χ4n) is 1.49. The van der Waals surface area contributed by atoms with E-state index < -0.39 is 0 Å². The average molecular weight is 257 g/mol. The lowest BCUT2D eigenvalue weighted by Gasteiger charge is -2.22. The van der Waals surface area contributed by atoms with Crippen LogP contribution in [0.1, 0.15) is 61.3 Å². The Labute approximate surface area is 113 Å². The summed E-state index contributed by atoms with van der Waals surface area (Å²) in [5, 5.41) is 2.93. The van der Waals surface area contributed by atoms with Gasteiger partial charge in [0.2, 0.25) is 5.91 Å². The van der Waals surface area contributed by atoms with E-state index in [-0.39, 0.29) is 17.4 Å². The Hall–Kier alpha value is -0.570. The van der Waals surface area contributed by atoms with Gasteiger partial charge in [-0.2, -0.15) is 0 Å². The summed E-state index contributed by atoms with van der Waals surface area (Å²) < 4.78 is 5.56. The largest absolute Gasteiger partial charge is 0.374 e. The molecule has 0 rings (SSSR count). The van der Waals surface area contributed by atoms with Crippen molar-refractivity contribution in [1.29, 1.82) is 0 Å². The van der Waals surface area contributed by atoms with Crippen molar-refractivity contribution in [2.45, 2.75) is 66.9 Å². The van der Waals surface area contributed by atoms with Gasteiger partial charge in [-0.05, 0) is 39.0 Å². The molecule has 0 bridgehead atoms. The Morgan fingerprint density at radius 3 is 2.17 bits per heavy atom. The molecule has 3 heteroatoms. The molecule has 0 aromatic rings. The molecule has 0 saturated heterocycles. The molecular weight excluding hydrogens is 226 g/mol. The number of rotatable bonds is 6. The molecule has 0 aromatic carbocycles. The van der Waals surface area contributed by atoms with Crippen LogP contribution in [0.3, 0.4) is 0 Å². The Morgan fingerprint density at radius 1 is 1.17 bits per heavy atom. The van der Waals surface area contributed by atoms with Crippen molar-refractivity contribution >= 4 is 5.91 Å². The van der Waals surface area contributed by atoms with Gasteiger partial charge < -0.3 is 10.1 Å². The van der Waals surface area contributed by atoms with Crippen LogP contribution < -0.4 is 5.32 Å². The fraction of sp³-hybridized carbons (Fsp3) is 0.933. The number of ether oxygens (including phenoxy) is 1. The van der Waals surface area contributed by atoms with Crippen molar-refractivity contribution in [1.82, 2.24) is 5.32 Å². The predicted molar refractivity (Wildman–Crippen MR) is 76.6 cm³/mol. The van der Waals surface area contributed by atoms with Gasteiger partial charge in [-0.25, -0.2) is 0 Å². The highest BCUT2D eigenvalue weighted by atomic mass is 16.5. The van der Waals surface area contributed by atoms with Crippen LogP contribution in [0.4, 0.5) is 0 Å².